The van der Waals surface area contributed by atoms with Crippen LogP contribution >= 0.6 is 0 Å². The highest BCUT2D eigenvalue weighted by molar-refractivity contribution is 5.43. The van der Waals surface area contributed by atoms with Crippen molar-refractivity contribution in [1.82, 2.24) is 0 Å². The topological polar surface area (TPSA) is 38.7 Å². The van der Waals surface area contributed by atoms with Crippen LogP contribution in [-0.4, -0.2) is 25.6 Å². The van der Waals surface area contributed by atoms with Crippen molar-refractivity contribution >= 4 is 0 Å². The van der Waals surface area contributed by atoms with Crippen LogP contribution < -0.4 is 0 Å². The summed E-state index contributed by atoms with van der Waals surface area (Å²) in [5.74, 6) is 0. The first-order valence-corrected chi connectivity index (χ1v) is 8.11. The number of hydrogen-bond donors (Lipinski definition) is 1. The Morgan fingerprint density at radius 3 is 2.65 bits per heavy atom. The van der Waals surface area contributed by atoms with Crippen molar-refractivity contribution in [2.75, 3.05) is 20.5 Å². The Kier molecular flexibility index (Phi) is 5.11. The van der Waals surface area contributed by atoms with Crippen LogP contribution in [0.5, 0.6) is 0 Å². The van der Waals surface area contributed by atoms with E-state index in [2.05, 4.69) is 42.5 Å². The zero-order valence-corrected chi connectivity index (χ0v) is 13.6. The smallest absolute Gasteiger partial charge is 0.146 e. The summed E-state index contributed by atoms with van der Waals surface area (Å²) in [6.07, 6.45) is 2.90. The number of fused-ring (bicyclic) bond motifs is 1. The van der Waals surface area contributed by atoms with Crippen molar-refractivity contribution in [3.05, 3.63) is 70.8 Å². The van der Waals surface area contributed by atoms with E-state index in [1.807, 2.05) is 6.07 Å². The molecular formula is C20H24O3. The highest BCUT2D eigenvalue weighted by Gasteiger charge is 2.38. The molecule has 0 saturated heterocycles. The van der Waals surface area contributed by atoms with E-state index in [-0.39, 0.29) is 12.0 Å². The van der Waals surface area contributed by atoms with Gasteiger partial charge in [0.15, 0.2) is 0 Å². The van der Waals surface area contributed by atoms with Crippen LogP contribution in [0.15, 0.2) is 48.5 Å². The number of aliphatic hydroxyl groups excluding tert-OH is 1. The van der Waals surface area contributed by atoms with Crippen molar-refractivity contribution in [3.63, 3.8) is 0 Å². The molecular weight excluding hydrogens is 288 g/mol. The third-order valence-electron chi connectivity index (χ3n) is 4.78. The van der Waals surface area contributed by atoms with E-state index in [9.17, 15) is 5.11 Å². The Morgan fingerprint density at radius 1 is 1.09 bits per heavy atom. The van der Waals surface area contributed by atoms with E-state index < -0.39 is 0 Å². The molecule has 1 N–H and O–H groups in total. The van der Waals surface area contributed by atoms with Gasteiger partial charge in [-0.2, -0.15) is 0 Å². The highest BCUT2D eigenvalue weighted by Crippen LogP contribution is 2.41. The molecule has 0 fully saturated rings. The SMILES string of the molecule is COCOCc1ccc2c(c1)C(CO)(Cc1ccccc1)CC2. The van der Waals surface area contributed by atoms with Crippen molar-refractivity contribution in [2.45, 2.75) is 31.3 Å². The van der Waals surface area contributed by atoms with Crippen LogP contribution in [0.2, 0.25) is 0 Å². The summed E-state index contributed by atoms with van der Waals surface area (Å²) in [4.78, 5) is 0. The Balaban J connectivity index is 1.86. The predicted octanol–water partition coefficient (Wildman–Crippen LogP) is 3.23. The molecule has 2 aromatic carbocycles. The molecule has 1 aliphatic rings. The van der Waals surface area contributed by atoms with E-state index in [4.69, 9.17) is 9.47 Å². The minimum absolute atomic E-state index is 0.173. The largest absolute Gasteiger partial charge is 0.395 e. The number of aliphatic hydroxyl groups is 1. The molecule has 0 amide bonds. The number of ether oxygens (including phenoxy) is 2. The van der Waals surface area contributed by atoms with E-state index in [0.717, 1.165) is 24.8 Å². The second-order valence-corrected chi connectivity index (χ2v) is 6.35. The number of aryl methyl sites for hydroxylation is 1. The van der Waals surface area contributed by atoms with Gasteiger partial charge in [-0.15, -0.1) is 0 Å². The van der Waals surface area contributed by atoms with Crippen molar-refractivity contribution in [2.24, 2.45) is 0 Å². The lowest BCUT2D eigenvalue weighted by atomic mass is 9.77. The molecule has 23 heavy (non-hydrogen) atoms. The number of rotatable bonds is 7. The molecule has 0 aromatic heterocycles. The first kappa shape index (κ1) is 16.2. The molecule has 1 atom stereocenters. The monoisotopic (exact) mass is 312 g/mol. The average molecular weight is 312 g/mol. The number of benzene rings is 2. The minimum atomic E-state index is -0.173. The van der Waals surface area contributed by atoms with Gasteiger partial charge in [0.05, 0.1) is 13.2 Å². The fraction of sp³-hybridized carbons (Fsp3) is 0.400. The van der Waals surface area contributed by atoms with Gasteiger partial charge in [-0.1, -0.05) is 48.5 Å². The lowest BCUT2D eigenvalue weighted by Gasteiger charge is -2.29. The zero-order valence-electron chi connectivity index (χ0n) is 13.6. The van der Waals surface area contributed by atoms with E-state index in [1.54, 1.807) is 7.11 Å². The molecule has 0 saturated carbocycles. The fourth-order valence-electron chi connectivity index (χ4n) is 3.57. The summed E-state index contributed by atoms with van der Waals surface area (Å²) in [7, 11) is 1.62. The zero-order chi connectivity index (χ0) is 16.1. The van der Waals surface area contributed by atoms with Gasteiger partial charge in [-0.05, 0) is 41.5 Å². The average Bonchev–Trinajstić information content (AvgIpc) is 2.95. The molecule has 3 rings (SSSR count). The molecule has 1 unspecified atom stereocenters. The summed E-state index contributed by atoms with van der Waals surface area (Å²) >= 11 is 0. The van der Waals surface area contributed by atoms with Crippen LogP contribution in [0.4, 0.5) is 0 Å². The molecule has 122 valence electrons. The Bertz CT molecular complexity index is 639. The van der Waals surface area contributed by atoms with Crippen LogP contribution in [0, 0.1) is 0 Å². The van der Waals surface area contributed by atoms with Gasteiger partial charge >= 0.3 is 0 Å². The second-order valence-electron chi connectivity index (χ2n) is 6.35. The summed E-state index contributed by atoms with van der Waals surface area (Å²) in [6.45, 7) is 1.01. The van der Waals surface area contributed by atoms with Crippen LogP contribution in [-0.2, 0) is 34.3 Å². The third-order valence-corrected chi connectivity index (χ3v) is 4.78. The van der Waals surface area contributed by atoms with E-state index in [1.165, 1.54) is 16.7 Å². The first-order valence-electron chi connectivity index (χ1n) is 8.11. The van der Waals surface area contributed by atoms with Crippen molar-refractivity contribution in [1.29, 1.82) is 0 Å². The van der Waals surface area contributed by atoms with Crippen LogP contribution in [0.3, 0.4) is 0 Å². The Labute approximate surface area is 137 Å². The molecule has 0 heterocycles. The molecule has 0 radical (unpaired) electrons. The van der Waals surface area contributed by atoms with Crippen LogP contribution in [0.1, 0.15) is 28.7 Å². The van der Waals surface area contributed by atoms with Gasteiger partial charge < -0.3 is 14.6 Å². The van der Waals surface area contributed by atoms with Crippen LogP contribution in [0.25, 0.3) is 0 Å². The molecule has 0 spiro atoms. The lowest BCUT2D eigenvalue weighted by Crippen LogP contribution is -2.30. The maximum atomic E-state index is 10.2. The van der Waals surface area contributed by atoms with Crippen molar-refractivity contribution < 1.29 is 14.6 Å². The van der Waals surface area contributed by atoms with Gasteiger partial charge in [0, 0.05) is 12.5 Å². The number of methoxy groups -OCH3 is 1. The van der Waals surface area contributed by atoms with Gasteiger partial charge in [-0.3, -0.25) is 0 Å². The normalized spacial score (nSPS) is 19.7. The maximum absolute atomic E-state index is 10.2. The van der Waals surface area contributed by atoms with Gasteiger partial charge in [-0.25, -0.2) is 0 Å². The summed E-state index contributed by atoms with van der Waals surface area (Å²) in [5.41, 5.74) is 4.87. The highest BCUT2D eigenvalue weighted by atomic mass is 16.7. The van der Waals surface area contributed by atoms with Gasteiger partial charge in [0.25, 0.3) is 0 Å². The quantitative estimate of drug-likeness (QED) is 0.630. The summed E-state index contributed by atoms with van der Waals surface area (Å²) in [5, 5.41) is 10.2. The Hall–Kier alpha value is -1.68. The molecule has 0 aliphatic heterocycles. The fourth-order valence-corrected chi connectivity index (χ4v) is 3.57. The first-order chi connectivity index (χ1) is 11.3. The number of hydrogen-bond acceptors (Lipinski definition) is 3. The summed E-state index contributed by atoms with van der Waals surface area (Å²) in [6, 6.07) is 16.9. The van der Waals surface area contributed by atoms with Gasteiger partial charge in [0.2, 0.25) is 0 Å². The molecule has 2 aromatic rings. The molecule has 0 bridgehead atoms. The predicted molar refractivity (Wildman–Crippen MR) is 90.3 cm³/mol. The van der Waals surface area contributed by atoms with E-state index in [0.29, 0.717) is 13.4 Å². The molecule has 1 aliphatic carbocycles. The minimum Gasteiger partial charge on any atom is -0.395 e. The van der Waals surface area contributed by atoms with Gasteiger partial charge in [0.1, 0.15) is 6.79 Å². The molecule has 3 nitrogen and oxygen atoms in total. The van der Waals surface area contributed by atoms with E-state index >= 15 is 0 Å². The standard InChI is InChI=1S/C20H24O3/c1-22-15-23-13-17-7-8-18-9-10-20(14-21,19(18)11-17)12-16-5-3-2-4-6-16/h2-8,11,21H,9-10,12-15H2,1H3. The second kappa shape index (κ2) is 7.26. The third kappa shape index (κ3) is 3.47. The Morgan fingerprint density at radius 2 is 1.91 bits per heavy atom. The lowest BCUT2D eigenvalue weighted by molar-refractivity contribution is -0.0391. The molecule has 3 heteroatoms. The van der Waals surface area contributed by atoms with Crippen molar-refractivity contribution in [3.8, 4) is 0 Å². The summed E-state index contributed by atoms with van der Waals surface area (Å²) < 4.78 is 10.4. The maximum Gasteiger partial charge on any atom is 0.146 e.